The quantitative estimate of drug-likeness (QED) is 0.344. The van der Waals surface area contributed by atoms with Gasteiger partial charge in [-0.3, -0.25) is 10.1 Å². The molecule has 0 spiro atoms. The average molecular weight is 440 g/mol. The molecule has 1 aliphatic heterocycles. The summed E-state index contributed by atoms with van der Waals surface area (Å²) in [4.78, 5) is 28.0. The number of aromatic nitrogens is 3. The van der Waals surface area contributed by atoms with Crippen LogP contribution in [-0.2, 0) is 4.79 Å². The first-order chi connectivity index (χ1) is 15.0. The van der Waals surface area contributed by atoms with Crippen molar-refractivity contribution in [3.05, 3.63) is 46.7 Å². The summed E-state index contributed by atoms with van der Waals surface area (Å²) in [6, 6.07) is 7.05. The lowest BCUT2D eigenvalue weighted by atomic mass is 10.2. The van der Waals surface area contributed by atoms with E-state index in [1.54, 1.807) is 30.0 Å². The summed E-state index contributed by atoms with van der Waals surface area (Å²) < 4.78 is 7.08. The molecule has 0 radical (unpaired) electrons. The van der Waals surface area contributed by atoms with Gasteiger partial charge in [0, 0.05) is 17.7 Å². The first-order valence-electron chi connectivity index (χ1n) is 9.60. The largest absolute Gasteiger partial charge is 0.493 e. The Morgan fingerprint density at radius 1 is 1.29 bits per heavy atom. The van der Waals surface area contributed by atoms with Gasteiger partial charge in [0.25, 0.3) is 5.91 Å². The highest BCUT2D eigenvalue weighted by atomic mass is 35.5. The van der Waals surface area contributed by atoms with E-state index in [1.165, 1.54) is 0 Å². The van der Waals surface area contributed by atoms with Gasteiger partial charge in [-0.05, 0) is 31.1 Å². The maximum atomic E-state index is 11.9. The number of ether oxygens (including phenoxy) is 1. The Bertz CT molecular complexity index is 1250. The molecule has 0 bridgehead atoms. The third-order valence-electron chi connectivity index (χ3n) is 4.88. The number of halogens is 1. The lowest BCUT2D eigenvalue weighted by Gasteiger charge is -2.14. The number of urea groups is 1. The minimum Gasteiger partial charge on any atom is -0.493 e. The van der Waals surface area contributed by atoms with E-state index in [0.717, 1.165) is 18.7 Å². The van der Waals surface area contributed by atoms with Crippen LogP contribution < -0.4 is 26.0 Å². The predicted octanol–water partition coefficient (Wildman–Crippen LogP) is 2.89. The molecule has 1 saturated heterocycles. The van der Waals surface area contributed by atoms with E-state index in [1.807, 2.05) is 18.2 Å². The van der Waals surface area contributed by atoms with E-state index >= 15 is 0 Å². The van der Waals surface area contributed by atoms with E-state index in [9.17, 15) is 9.59 Å². The Labute approximate surface area is 181 Å². The molecule has 3 amide bonds. The summed E-state index contributed by atoms with van der Waals surface area (Å²) in [7, 11) is 1.55. The van der Waals surface area contributed by atoms with Gasteiger partial charge in [0.05, 0.1) is 24.0 Å². The smallest absolute Gasteiger partial charge is 0.326 e. The molecule has 11 heteroatoms. The Morgan fingerprint density at radius 3 is 2.84 bits per heavy atom. The zero-order valence-electron chi connectivity index (χ0n) is 16.4. The standard InChI is InChI=1S/C20H18ClN7O3/c1-31-17-12(21)3-2-4-13(17)24-15-8-16(23-11-5-6-11)28-18(26-15)10(9-22-28)7-14-19(29)27-20(30)25-14/h2-4,7-9,11,23H,5-6H2,1H3,(H,24,26)(H2,25,27,29,30)/b14-7-. The van der Waals surface area contributed by atoms with Crippen LogP contribution in [0.3, 0.4) is 0 Å². The molecule has 3 aromatic rings. The summed E-state index contributed by atoms with van der Waals surface area (Å²) in [5, 5.41) is 16.2. The van der Waals surface area contributed by atoms with Gasteiger partial charge in [-0.25, -0.2) is 9.78 Å². The highest BCUT2D eigenvalue weighted by Crippen LogP contribution is 2.35. The number of nitrogens with one attached hydrogen (secondary N) is 4. The van der Waals surface area contributed by atoms with Crippen molar-refractivity contribution in [1.82, 2.24) is 25.2 Å². The number of fused-ring (bicyclic) bond motifs is 1. The van der Waals surface area contributed by atoms with E-state index in [0.29, 0.717) is 39.5 Å². The van der Waals surface area contributed by atoms with E-state index in [2.05, 4.69) is 31.3 Å². The second-order valence-electron chi connectivity index (χ2n) is 7.19. The highest BCUT2D eigenvalue weighted by Gasteiger charge is 2.25. The zero-order chi connectivity index (χ0) is 21.5. The minimum absolute atomic E-state index is 0.133. The molecule has 1 saturated carbocycles. The maximum absolute atomic E-state index is 11.9. The van der Waals surface area contributed by atoms with Gasteiger partial charge in [-0.1, -0.05) is 17.7 Å². The topological polar surface area (TPSA) is 122 Å². The van der Waals surface area contributed by atoms with E-state index in [-0.39, 0.29) is 5.70 Å². The first-order valence-corrected chi connectivity index (χ1v) is 9.98. The number of benzene rings is 1. The molecule has 2 aliphatic rings. The normalized spacial score (nSPS) is 17.0. The van der Waals surface area contributed by atoms with Crippen molar-refractivity contribution in [2.24, 2.45) is 0 Å². The molecular formula is C20H18ClN7O3. The lowest BCUT2D eigenvalue weighted by molar-refractivity contribution is -0.115. The number of imide groups is 1. The van der Waals surface area contributed by atoms with Crippen LogP contribution in [-0.4, -0.2) is 39.7 Å². The van der Waals surface area contributed by atoms with Crippen LogP contribution in [0.15, 0.2) is 36.2 Å². The van der Waals surface area contributed by atoms with Gasteiger partial charge in [0.15, 0.2) is 11.4 Å². The summed E-state index contributed by atoms with van der Waals surface area (Å²) in [6.45, 7) is 0. The number of carbonyl (C=O) groups is 2. The second kappa shape index (κ2) is 7.47. The number of nitrogens with zero attached hydrogens (tertiary/aromatic N) is 3. The third-order valence-corrected chi connectivity index (χ3v) is 5.18. The number of amides is 3. The van der Waals surface area contributed by atoms with Crippen molar-refractivity contribution in [1.29, 1.82) is 0 Å². The van der Waals surface area contributed by atoms with Gasteiger partial charge in [0.2, 0.25) is 0 Å². The fourth-order valence-electron chi connectivity index (χ4n) is 3.28. The SMILES string of the molecule is COc1c(Cl)cccc1Nc1cc(NC2CC2)n2ncc(/C=C3\NC(=O)NC3=O)c2n1. The van der Waals surface area contributed by atoms with Gasteiger partial charge in [-0.15, -0.1) is 0 Å². The highest BCUT2D eigenvalue weighted by molar-refractivity contribution is 6.32. The van der Waals surface area contributed by atoms with E-state index in [4.69, 9.17) is 16.3 Å². The third kappa shape index (κ3) is 3.73. The first kappa shape index (κ1) is 19.2. The number of rotatable bonds is 6. The number of para-hydroxylation sites is 1. The van der Waals surface area contributed by atoms with Crippen molar-refractivity contribution >= 4 is 52.6 Å². The van der Waals surface area contributed by atoms with Crippen molar-refractivity contribution in [3.63, 3.8) is 0 Å². The van der Waals surface area contributed by atoms with Crippen molar-refractivity contribution < 1.29 is 14.3 Å². The number of hydrogen-bond donors (Lipinski definition) is 4. The summed E-state index contributed by atoms with van der Waals surface area (Å²) >= 11 is 6.24. The Morgan fingerprint density at radius 2 is 2.13 bits per heavy atom. The number of carbonyl (C=O) groups excluding carboxylic acids is 2. The predicted molar refractivity (Wildman–Crippen MR) is 116 cm³/mol. The molecule has 2 fully saturated rings. The molecule has 3 heterocycles. The maximum Gasteiger partial charge on any atom is 0.326 e. The Hall–Kier alpha value is -3.79. The summed E-state index contributed by atoms with van der Waals surface area (Å²) in [6.07, 6.45) is 5.30. The summed E-state index contributed by atoms with van der Waals surface area (Å²) in [5.41, 5.74) is 1.88. The molecular weight excluding hydrogens is 422 g/mol. The number of anilines is 3. The minimum atomic E-state index is -0.563. The lowest BCUT2D eigenvalue weighted by Crippen LogP contribution is -2.22. The molecule has 0 unspecified atom stereocenters. The second-order valence-corrected chi connectivity index (χ2v) is 7.60. The van der Waals surface area contributed by atoms with E-state index < -0.39 is 11.9 Å². The van der Waals surface area contributed by atoms with Crippen LogP contribution in [0.1, 0.15) is 18.4 Å². The molecule has 4 N–H and O–H groups in total. The monoisotopic (exact) mass is 439 g/mol. The fourth-order valence-corrected chi connectivity index (χ4v) is 3.53. The fraction of sp³-hybridized carbons (Fsp3) is 0.200. The molecule has 158 valence electrons. The van der Waals surface area contributed by atoms with Gasteiger partial charge in [0.1, 0.15) is 17.3 Å². The van der Waals surface area contributed by atoms with Crippen molar-refractivity contribution in [2.45, 2.75) is 18.9 Å². The van der Waals surface area contributed by atoms with Crippen LogP contribution in [0.4, 0.5) is 22.1 Å². The average Bonchev–Trinajstić information content (AvgIpc) is 3.37. The summed E-state index contributed by atoms with van der Waals surface area (Å²) in [5.74, 6) is 1.29. The van der Waals surface area contributed by atoms with Crippen LogP contribution in [0.5, 0.6) is 5.75 Å². The van der Waals surface area contributed by atoms with Gasteiger partial charge in [-0.2, -0.15) is 9.61 Å². The molecule has 10 nitrogen and oxygen atoms in total. The molecule has 2 aromatic heterocycles. The molecule has 1 aromatic carbocycles. The van der Waals surface area contributed by atoms with Gasteiger partial charge < -0.3 is 20.7 Å². The zero-order valence-corrected chi connectivity index (χ0v) is 17.2. The number of hydrogen-bond acceptors (Lipinski definition) is 7. The molecule has 1 aliphatic carbocycles. The van der Waals surface area contributed by atoms with Crippen LogP contribution in [0.25, 0.3) is 11.7 Å². The van der Waals surface area contributed by atoms with Crippen LogP contribution >= 0.6 is 11.6 Å². The van der Waals surface area contributed by atoms with Gasteiger partial charge >= 0.3 is 6.03 Å². The Kier molecular flexibility index (Phi) is 4.63. The molecule has 5 rings (SSSR count). The van der Waals surface area contributed by atoms with Crippen molar-refractivity contribution in [2.75, 3.05) is 17.7 Å². The van der Waals surface area contributed by atoms with Crippen molar-refractivity contribution in [3.8, 4) is 5.75 Å². The Balaban J connectivity index is 1.59. The number of methoxy groups -OCH3 is 1. The molecule has 0 atom stereocenters. The van der Waals surface area contributed by atoms with Crippen LogP contribution in [0, 0.1) is 0 Å². The van der Waals surface area contributed by atoms with Crippen LogP contribution in [0.2, 0.25) is 5.02 Å². The molecule has 31 heavy (non-hydrogen) atoms.